The summed E-state index contributed by atoms with van der Waals surface area (Å²) in [5.41, 5.74) is -0.885. The second-order valence-corrected chi connectivity index (χ2v) is 4.75. The van der Waals surface area contributed by atoms with Crippen LogP contribution in [0.4, 0.5) is 0 Å². The third-order valence-corrected chi connectivity index (χ3v) is 2.96. The molecule has 0 aliphatic heterocycles. The van der Waals surface area contributed by atoms with Crippen LogP contribution in [-0.2, 0) is 9.53 Å². The lowest BCUT2D eigenvalue weighted by Crippen LogP contribution is -2.54. The van der Waals surface area contributed by atoms with Crippen LogP contribution in [-0.4, -0.2) is 37.9 Å². The number of carbonyl (C=O) groups excluding carboxylic acids is 1. The smallest absolute Gasteiger partial charge is 0.329 e. The van der Waals surface area contributed by atoms with Crippen LogP contribution in [0.5, 0.6) is 11.5 Å². The molecule has 0 bridgehead atoms. The molecule has 0 heterocycles. The molecule has 0 saturated heterocycles. The van der Waals surface area contributed by atoms with Crippen LogP contribution >= 0.6 is 0 Å². The van der Waals surface area contributed by atoms with Gasteiger partial charge < -0.3 is 14.2 Å². The van der Waals surface area contributed by atoms with E-state index >= 15 is 0 Å². The first-order valence-electron chi connectivity index (χ1n) is 7.34. The van der Waals surface area contributed by atoms with Crippen LogP contribution < -0.4 is 14.8 Å². The maximum atomic E-state index is 12.1. The number of nitrogens with one attached hydrogen (secondary N) is 1. The molecule has 1 aromatic carbocycles. The Hall–Kier alpha value is -1.75. The summed E-state index contributed by atoms with van der Waals surface area (Å²) >= 11 is 0. The molecule has 1 rings (SSSR count). The predicted molar refractivity (Wildman–Crippen MR) is 81.8 cm³/mol. The van der Waals surface area contributed by atoms with E-state index < -0.39 is 5.54 Å². The Bertz CT molecular complexity index is 450. The molecule has 0 aliphatic carbocycles. The van der Waals surface area contributed by atoms with Crippen molar-refractivity contribution in [2.24, 2.45) is 0 Å². The molecule has 118 valence electrons. The highest BCUT2D eigenvalue weighted by Gasteiger charge is 2.35. The van der Waals surface area contributed by atoms with E-state index in [0.717, 1.165) is 0 Å². The number of para-hydroxylation sites is 2. The molecule has 1 unspecified atom stereocenters. The van der Waals surface area contributed by atoms with Crippen molar-refractivity contribution in [2.45, 2.75) is 33.2 Å². The lowest BCUT2D eigenvalue weighted by atomic mass is 10.0. The molecule has 5 nitrogen and oxygen atoms in total. The minimum atomic E-state index is -0.885. The quantitative estimate of drug-likeness (QED) is 0.709. The van der Waals surface area contributed by atoms with E-state index in [-0.39, 0.29) is 12.6 Å². The molecule has 0 aromatic heterocycles. The van der Waals surface area contributed by atoms with Gasteiger partial charge in [-0.3, -0.25) is 5.32 Å². The first kappa shape index (κ1) is 17.3. The Morgan fingerprint density at radius 2 is 1.71 bits per heavy atom. The maximum Gasteiger partial charge on any atom is 0.329 e. The van der Waals surface area contributed by atoms with Crippen LogP contribution in [0, 0.1) is 0 Å². The summed E-state index contributed by atoms with van der Waals surface area (Å²) in [5, 5.41) is 3.12. The average Bonchev–Trinajstić information content (AvgIpc) is 2.47. The second-order valence-electron chi connectivity index (χ2n) is 4.75. The van der Waals surface area contributed by atoms with Crippen molar-refractivity contribution >= 4 is 5.97 Å². The zero-order valence-electron chi connectivity index (χ0n) is 13.3. The second kappa shape index (κ2) is 8.52. The molecule has 0 radical (unpaired) electrons. The molecule has 1 N–H and O–H groups in total. The minimum Gasteiger partial charge on any atom is -0.490 e. The first-order valence-corrected chi connectivity index (χ1v) is 7.34. The van der Waals surface area contributed by atoms with E-state index in [2.05, 4.69) is 5.32 Å². The lowest BCUT2D eigenvalue weighted by molar-refractivity contribution is -0.151. The van der Waals surface area contributed by atoms with Gasteiger partial charge in [-0.1, -0.05) is 19.1 Å². The van der Waals surface area contributed by atoms with Gasteiger partial charge in [0.2, 0.25) is 0 Å². The molecule has 5 heteroatoms. The van der Waals surface area contributed by atoms with Crippen LogP contribution in [0.2, 0.25) is 0 Å². The zero-order chi connectivity index (χ0) is 15.7. The fourth-order valence-electron chi connectivity index (χ4n) is 1.93. The molecule has 0 aliphatic rings. The van der Waals surface area contributed by atoms with Gasteiger partial charge in [-0.25, -0.2) is 4.79 Å². The molecule has 0 saturated carbocycles. The first-order chi connectivity index (χ1) is 10.1. The predicted octanol–water partition coefficient (Wildman–Crippen LogP) is 2.40. The molecule has 1 aromatic rings. The van der Waals surface area contributed by atoms with Gasteiger partial charge in [0.1, 0.15) is 12.1 Å². The van der Waals surface area contributed by atoms with Crippen molar-refractivity contribution in [1.29, 1.82) is 0 Å². The molecule has 21 heavy (non-hydrogen) atoms. The van der Waals surface area contributed by atoms with Crippen molar-refractivity contribution in [3.8, 4) is 11.5 Å². The summed E-state index contributed by atoms with van der Waals surface area (Å²) in [6.45, 7) is 9.13. The van der Waals surface area contributed by atoms with E-state index in [1.807, 2.05) is 38.1 Å². The van der Waals surface area contributed by atoms with Gasteiger partial charge in [-0.15, -0.1) is 0 Å². The largest absolute Gasteiger partial charge is 0.490 e. The molecule has 0 amide bonds. The Labute approximate surface area is 126 Å². The Morgan fingerprint density at radius 1 is 1.10 bits per heavy atom. The average molecular weight is 295 g/mol. The third-order valence-electron chi connectivity index (χ3n) is 2.96. The van der Waals surface area contributed by atoms with Crippen molar-refractivity contribution in [3.63, 3.8) is 0 Å². The molecule has 0 spiro atoms. The Balaban J connectivity index is 2.79. The van der Waals surface area contributed by atoms with Gasteiger partial charge in [0.05, 0.1) is 13.2 Å². The highest BCUT2D eigenvalue weighted by Crippen LogP contribution is 2.27. The van der Waals surface area contributed by atoms with Gasteiger partial charge in [-0.05, 0) is 39.4 Å². The maximum absolute atomic E-state index is 12.1. The summed E-state index contributed by atoms with van der Waals surface area (Å²) < 4.78 is 16.4. The van der Waals surface area contributed by atoms with Crippen LogP contribution in [0.1, 0.15) is 27.7 Å². The lowest BCUT2D eigenvalue weighted by Gasteiger charge is -2.28. The number of hydrogen-bond donors (Lipinski definition) is 1. The van der Waals surface area contributed by atoms with Crippen molar-refractivity contribution in [1.82, 2.24) is 5.32 Å². The zero-order valence-corrected chi connectivity index (χ0v) is 13.3. The van der Waals surface area contributed by atoms with Crippen LogP contribution in [0.25, 0.3) is 0 Å². The van der Waals surface area contributed by atoms with E-state index in [4.69, 9.17) is 14.2 Å². The molecular weight excluding hydrogens is 270 g/mol. The molecular formula is C16H25NO4. The molecule has 1 atom stereocenters. The third kappa shape index (κ3) is 4.93. The summed E-state index contributed by atoms with van der Waals surface area (Å²) in [7, 11) is 0. The monoisotopic (exact) mass is 295 g/mol. The molecule has 0 fully saturated rings. The summed E-state index contributed by atoms with van der Waals surface area (Å²) in [6, 6.07) is 7.41. The number of ether oxygens (including phenoxy) is 3. The number of rotatable bonds is 9. The van der Waals surface area contributed by atoms with E-state index in [9.17, 15) is 4.79 Å². The highest BCUT2D eigenvalue weighted by molar-refractivity contribution is 5.80. The minimum absolute atomic E-state index is 0.170. The highest BCUT2D eigenvalue weighted by atomic mass is 16.5. The van der Waals surface area contributed by atoms with Crippen molar-refractivity contribution in [3.05, 3.63) is 24.3 Å². The number of carbonyl (C=O) groups is 1. The summed E-state index contributed by atoms with van der Waals surface area (Å²) in [4.78, 5) is 12.1. The summed E-state index contributed by atoms with van der Waals surface area (Å²) in [5.74, 6) is 0.969. The van der Waals surface area contributed by atoms with Gasteiger partial charge in [0.25, 0.3) is 0 Å². The number of hydrogen-bond acceptors (Lipinski definition) is 5. The normalized spacial score (nSPS) is 13.3. The van der Waals surface area contributed by atoms with Gasteiger partial charge in [-0.2, -0.15) is 0 Å². The number of benzene rings is 1. The van der Waals surface area contributed by atoms with E-state index in [1.54, 1.807) is 13.8 Å². The number of esters is 1. The van der Waals surface area contributed by atoms with Gasteiger partial charge >= 0.3 is 5.97 Å². The van der Waals surface area contributed by atoms with E-state index in [0.29, 0.717) is 31.3 Å². The summed E-state index contributed by atoms with van der Waals surface area (Å²) in [6.07, 6.45) is 0. The van der Waals surface area contributed by atoms with Crippen molar-refractivity contribution < 1.29 is 19.0 Å². The van der Waals surface area contributed by atoms with Crippen molar-refractivity contribution in [2.75, 3.05) is 26.4 Å². The SMILES string of the molecule is CCNC(C)(COc1ccccc1OCC)C(=O)OCC. The van der Waals surface area contributed by atoms with Gasteiger partial charge in [0.15, 0.2) is 11.5 Å². The topological polar surface area (TPSA) is 56.8 Å². The number of likely N-dealkylation sites (N-methyl/N-ethyl adjacent to an activating group) is 1. The van der Waals surface area contributed by atoms with Crippen LogP contribution in [0.15, 0.2) is 24.3 Å². The fourth-order valence-corrected chi connectivity index (χ4v) is 1.93. The van der Waals surface area contributed by atoms with Gasteiger partial charge in [0, 0.05) is 0 Å². The standard InChI is InChI=1S/C16H25NO4/c1-5-17-16(4,15(18)20-7-3)12-21-14-11-9-8-10-13(14)19-6-2/h8-11,17H,5-7,12H2,1-4H3. The Kier molecular flexibility index (Phi) is 7.02. The fraction of sp³-hybridized carbons (Fsp3) is 0.562. The Morgan fingerprint density at radius 3 is 2.24 bits per heavy atom. The van der Waals surface area contributed by atoms with E-state index in [1.165, 1.54) is 0 Å². The van der Waals surface area contributed by atoms with Crippen LogP contribution in [0.3, 0.4) is 0 Å².